The highest BCUT2D eigenvalue weighted by Crippen LogP contribution is 2.17. The van der Waals surface area contributed by atoms with E-state index in [2.05, 4.69) is 0 Å². The van der Waals surface area contributed by atoms with Crippen molar-refractivity contribution in [3.63, 3.8) is 0 Å². The molecule has 5 heteroatoms. The van der Waals surface area contributed by atoms with Crippen LogP contribution in [-0.4, -0.2) is 30.4 Å². The van der Waals surface area contributed by atoms with Crippen molar-refractivity contribution in [1.82, 2.24) is 4.90 Å². The average Bonchev–Trinajstić information content (AvgIpc) is 2.39. The Labute approximate surface area is 113 Å². The molecule has 100 valence electrons. The van der Waals surface area contributed by atoms with Gasteiger partial charge in [0, 0.05) is 18.7 Å². The van der Waals surface area contributed by atoms with Crippen molar-refractivity contribution in [3.05, 3.63) is 35.6 Å². The molecule has 1 aromatic carbocycles. The summed E-state index contributed by atoms with van der Waals surface area (Å²) in [6.45, 7) is 2.10. The first kappa shape index (κ1) is 14.9. The molecule has 0 aliphatic carbocycles. The van der Waals surface area contributed by atoms with Gasteiger partial charge < -0.3 is 10.6 Å². The van der Waals surface area contributed by atoms with Gasteiger partial charge in [-0.2, -0.15) is 0 Å². The Morgan fingerprint density at radius 1 is 1.39 bits per heavy atom. The Hall–Kier alpha value is -1.13. The van der Waals surface area contributed by atoms with E-state index in [1.807, 2.05) is 4.90 Å². The maximum absolute atomic E-state index is 12.8. The molecule has 0 radical (unpaired) electrons. The van der Waals surface area contributed by atoms with Crippen molar-refractivity contribution in [2.24, 2.45) is 11.7 Å². The summed E-state index contributed by atoms with van der Waals surface area (Å²) in [7, 11) is 0. The number of carbonyl (C=O) groups is 1. The van der Waals surface area contributed by atoms with E-state index in [0.717, 1.165) is 19.4 Å². The first-order chi connectivity index (χ1) is 8.20. The van der Waals surface area contributed by atoms with Crippen LogP contribution in [0.2, 0.25) is 0 Å². The summed E-state index contributed by atoms with van der Waals surface area (Å²) in [5.74, 6) is 0.0522. The molecular weight excluding hydrogens is 255 g/mol. The van der Waals surface area contributed by atoms with E-state index in [0.29, 0.717) is 24.6 Å². The van der Waals surface area contributed by atoms with Gasteiger partial charge in [0.2, 0.25) is 0 Å². The number of nitrogens with zero attached hydrogens (tertiary/aromatic N) is 1. The summed E-state index contributed by atoms with van der Waals surface area (Å²) in [4.78, 5) is 13.9. The molecule has 18 heavy (non-hydrogen) atoms. The number of rotatable bonds is 2. The molecule has 2 N–H and O–H groups in total. The molecule has 1 aliphatic rings. The normalized spacial score (nSPS) is 19.2. The molecule has 0 aromatic heterocycles. The predicted molar refractivity (Wildman–Crippen MR) is 71.3 cm³/mol. The summed E-state index contributed by atoms with van der Waals surface area (Å²) in [6, 6.07) is 5.70. The second-order valence-corrected chi connectivity index (χ2v) is 4.50. The minimum Gasteiger partial charge on any atom is -0.338 e. The van der Waals surface area contributed by atoms with Gasteiger partial charge in [-0.1, -0.05) is 0 Å². The standard InChI is InChI=1S/C13H17FN2O.ClH/c14-12-5-3-11(4-6-12)13(17)16-7-1-2-10(8-15)9-16;/h3-6,10H,1-2,7-9,15H2;1H. The van der Waals surface area contributed by atoms with Crippen molar-refractivity contribution in [1.29, 1.82) is 0 Å². The van der Waals surface area contributed by atoms with Crippen LogP contribution >= 0.6 is 12.4 Å². The minimum atomic E-state index is -0.319. The molecule has 1 amide bonds. The number of amides is 1. The molecule has 2 rings (SSSR count). The zero-order chi connectivity index (χ0) is 12.3. The van der Waals surface area contributed by atoms with Crippen LogP contribution in [0.5, 0.6) is 0 Å². The summed E-state index contributed by atoms with van der Waals surface area (Å²) in [6.07, 6.45) is 2.08. The van der Waals surface area contributed by atoms with Crippen molar-refractivity contribution < 1.29 is 9.18 Å². The van der Waals surface area contributed by atoms with Crippen LogP contribution in [0.25, 0.3) is 0 Å². The second kappa shape index (κ2) is 6.71. The van der Waals surface area contributed by atoms with Crippen LogP contribution in [0, 0.1) is 11.7 Å². The third-order valence-corrected chi connectivity index (χ3v) is 3.23. The Kier molecular flexibility index (Phi) is 5.56. The van der Waals surface area contributed by atoms with Gasteiger partial charge in [0.25, 0.3) is 5.91 Å². The maximum atomic E-state index is 12.8. The van der Waals surface area contributed by atoms with Gasteiger partial charge in [-0.05, 0) is 49.6 Å². The zero-order valence-electron chi connectivity index (χ0n) is 10.1. The molecule has 3 nitrogen and oxygen atoms in total. The SMILES string of the molecule is Cl.NCC1CCCN(C(=O)c2ccc(F)cc2)C1. The Balaban J connectivity index is 0.00000162. The van der Waals surface area contributed by atoms with Crippen LogP contribution < -0.4 is 5.73 Å². The summed E-state index contributed by atoms with van der Waals surface area (Å²) >= 11 is 0. The molecule has 0 spiro atoms. The van der Waals surface area contributed by atoms with E-state index in [4.69, 9.17) is 5.73 Å². The number of likely N-dealkylation sites (tertiary alicyclic amines) is 1. The van der Waals surface area contributed by atoms with Crippen molar-refractivity contribution >= 4 is 18.3 Å². The van der Waals surface area contributed by atoms with Crippen LogP contribution in [0.15, 0.2) is 24.3 Å². The maximum Gasteiger partial charge on any atom is 0.253 e. The highest BCUT2D eigenvalue weighted by Gasteiger charge is 2.23. The van der Waals surface area contributed by atoms with E-state index >= 15 is 0 Å². The molecule has 1 saturated heterocycles. The van der Waals surface area contributed by atoms with Crippen LogP contribution in [-0.2, 0) is 0 Å². The molecule has 1 atom stereocenters. The van der Waals surface area contributed by atoms with E-state index in [1.165, 1.54) is 24.3 Å². The number of hydrogen-bond acceptors (Lipinski definition) is 2. The van der Waals surface area contributed by atoms with Gasteiger partial charge in [0.1, 0.15) is 5.82 Å². The molecule has 0 saturated carbocycles. The lowest BCUT2D eigenvalue weighted by molar-refractivity contribution is 0.0678. The monoisotopic (exact) mass is 272 g/mol. The fraction of sp³-hybridized carbons (Fsp3) is 0.462. The van der Waals surface area contributed by atoms with E-state index in [1.54, 1.807) is 0 Å². The molecule has 0 bridgehead atoms. The van der Waals surface area contributed by atoms with Gasteiger partial charge >= 0.3 is 0 Å². The van der Waals surface area contributed by atoms with Gasteiger partial charge in [-0.15, -0.1) is 12.4 Å². The smallest absolute Gasteiger partial charge is 0.253 e. The molecule has 1 unspecified atom stereocenters. The molecular formula is C13H18ClFN2O. The van der Waals surface area contributed by atoms with Crippen LogP contribution in [0.4, 0.5) is 4.39 Å². The van der Waals surface area contributed by atoms with Crippen molar-refractivity contribution in [3.8, 4) is 0 Å². The van der Waals surface area contributed by atoms with Crippen LogP contribution in [0.3, 0.4) is 0 Å². The zero-order valence-corrected chi connectivity index (χ0v) is 11.0. The Morgan fingerprint density at radius 3 is 2.67 bits per heavy atom. The van der Waals surface area contributed by atoms with E-state index < -0.39 is 0 Å². The highest BCUT2D eigenvalue weighted by molar-refractivity contribution is 5.94. The lowest BCUT2D eigenvalue weighted by atomic mass is 9.97. The van der Waals surface area contributed by atoms with Gasteiger partial charge in [-0.3, -0.25) is 4.79 Å². The third-order valence-electron chi connectivity index (χ3n) is 3.23. The van der Waals surface area contributed by atoms with E-state index in [9.17, 15) is 9.18 Å². The van der Waals surface area contributed by atoms with Gasteiger partial charge in [-0.25, -0.2) is 4.39 Å². The van der Waals surface area contributed by atoms with Gasteiger partial charge in [0.15, 0.2) is 0 Å². The fourth-order valence-electron chi connectivity index (χ4n) is 2.22. The predicted octanol–water partition coefficient (Wildman–Crippen LogP) is 2.06. The summed E-state index contributed by atoms with van der Waals surface area (Å²) < 4.78 is 12.8. The summed E-state index contributed by atoms with van der Waals surface area (Å²) in [5.41, 5.74) is 6.18. The highest BCUT2D eigenvalue weighted by atomic mass is 35.5. The average molecular weight is 273 g/mol. The number of piperidine rings is 1. The molecule has 1 heterocycles. The number of nitrogens with two attached hydrogens (primary N) is 1. The van der Waals surface area contributed by atoms with Crippen LogP contribution in [0.1, 0.15) is 23.2 Å². The molecule has 1 aliphatic heterocycles. The number of halogens is 2. The Morgan fingerprint density at radius 2 is 2.06 bits per heavy atom. The second-order valence-electron chi connectivity index (χ2n) is 4.50. The largest absolute Gasteiger partial charge is 0.338 e. The topological polar surface area (TPSA) is 46.3 Å². The Bertz CT molecular complexity index is 396. The lowest BCUT2D eigenvalue weighted by Gasteiger charge is -2.32. The fourth-order valence-corrected chi connectivity index (χ4v) is 2.22. The molecule has 1 fully saturated rings. The number of hydrogen-bond donors (Lipinski definition) is 1. The third kappa shape index (κ3) is 3.43. The lowest BCUT2D eigenvalue weighted by Crippen LogP contribution is -2.42. The number of benzene rings is 1. The summed E-state index contributed by atoms with van der Waals surface area (Å²) in [5, 5.41) is 0. The van der Waals surface area contributed by atoms with Crippen molar-refractivity contribution in [2.75, 3.05) is 19.6 Å². The van der Waals surface area contributed by atoms with Crippen molar-refractivity contribution in [2.45, 2.75) is 12.8 Å². The van der Waals surface area contributed by atoms with E-state index in [-0.39, 0.29) is 24.1 Å². The minimum absolute atomic E-state index is 0. The number of carbonyl (C=O) groups excluding carboxylic acids is 1. The first-order valence-electron chi connectivity index (χ1n) is 5.95. The first-order valence-corrected chi connectivity index (χ1v) is 5.95. The quantitative estimate of drug-likeness (QED) is 0.896. The molecule has 1 aromatic rings. The van der Waals surface area contributed by atoms with Gasteiger partial charge in [0.05, 0.1) is 0 Å².